The Balaban J connectivity index is 1.68. The molecule has 0 bridgehead atoms. The number of benzene rings is 2. The summed E-state index contributed by atoms with van der Waals surface area (Å²) >= 11 is 0. The van der Waals surface area contributed by atoms with E-state index in [1.54, 1.807) is 24.1 Å². The first-order valence-corrected chi connectivity index (χ1v) is 12.7. The lowest BCUT2D eigenvalue weighted by Gasteiger charge is -2.43. The van der Waals surface area contributed by atoms with Gasteiger partial charge in [-0.05, 0) is 49.2 Å². The lowest BCUT2D eigenvalue weighted by molar-refractivity contribution is 0.00266. The molecule has 1 aliphatic heterocycles. The molecule has 5 rings (SSSR count). The van der Waals surface area contributed by atoms with Gasteiger partial charge in [0.2, 0.25) is 6.35 Å². The molecule has 1 saturated carbocycles. The van der Waals surface area contributed by atoms with Gasteiger partial charge < -0.3 is 10.4 Å². The summed E-state index contributed by atoms with van der Waals surface area (Å²) in [5.74, 6) is -0.0913. The van der Waals surface area contributed by atoms with Crippen LogP contribution in [0, 0.1) is 0 Å². The maximum Gasteiger partial charge on any atom is 0.263 e. The normalized spacial score (nSPS) is 18.1. The van der Waals surface area contributed by atoms with Gasteiger partial charge >= 0.3 is 0 Å². The van der Waals surface area contributed by atoms with Crippen LogP contribution in [0.4, 0.5) is 22.9 Å². The van der Waals surface area contributed by atoms with Crippen LogP contribution in [0.3, 0.4) is 0 Å². The molecule has 10 heteroatoms. The van der Waals surface area contributed by atoms with Crippen LogP contribution in [0.2, 0.25) is 0 Å². The van der Waals surface area contributed by atoms with Gasteiger partial charge in [0.1, 0.15) is 11.4 Å². The second kappa shape index (κ2) is 8.00. The highest BCUT2D eigenvalue weighted by Gasteiger charge is 2.47. The molecule has 9 nitrogen and oxygen atoms in total. The van der Waals surface area contributed by atoms with E-state index >= 15 is 0 Å². The average Bonchev–Trinajstić information content (AvgIpc) is 3.62. The van der Waals surface area contributed by atoms with Crippen molar-refractivity contribution in [3.63, 3.8) is 0 Å². The number of hydrogen-bond donors (Lipinski definition) is 2. The van der Waals surface area contributed by atoms with Crippen LogP contribution in [0.5, 0.6) is 0 Å². The van der Waals surface area contributed by atoms with Crippen molar-refractivity contribution < 1.29 is 18.3 Å². The Labute approximate surface area is 196 Å². The second-order valence-corrected chi connectivity index (χ2v) is 10.6. The van der Waals surface area contributed by atoms with Crippen LogP contribution < -0.4 is 15.8 Å². The summed E-state index contributed by atoms with van der Waals surface area (Å²) in [6.45, 7) is 0. The molecule has 2 heterocycles. The zero-order valence-corrected chi connectivity index (χ0v) is 19.5. The molecular formula is C24H24N4O5S. The summed E-state index contributed by atoms with van der Waals surface area (Å²) in [5.41, 5.74) is 1.34. The molecular weight excluding hydrogens is 456 g/mol. The first-order chi connectivity index (χ1) is 16.2. The molecule has 2 N–H and O–H groups in total. The second-order valence-electron chi connectivity index (χ2n) is 8.57. The van der Waals surface area contributed by atoms with Crippen molar-refractivity contribution in [1.29, 1.82) is 0 Å². The highest BCUT2D eigenvalue weighted by molar-refractivity contribution is 7.90. The Morgan fingerprint density at radius 2 is 1.65 bits per heavy atom. The van der Waals surface area contributed by atoms with Gasteiger partial charge in [0, 0.05) is 36.8 Å². The molecule has 2 aliphatic rings. The molecule has 176 valence electrons. The van der Waals surface area contributed by atoms with Gasteiger partial charge in [-0.15, -0.1) is 0 Å². The Hall–Kier alpha value is -3.63. The molecule has 0 saturated heterocycles. The minimum atomic E-state index is -3.36. The fourth-order valence-corrected chi connectivity index (χ4v) is 4.87. The SMILES string of the molecule is Cn1c2c(c(Nc3ccc(S(C)(=O)=O)cc3)cc1=O)C(=O)N(C1CC1)C(O)N2c1ccccc1. The largest absolute Gasteiger partial charge is 0.356 e. The molecule has 3 aromatic rings. The van der Waals surface area contributed by atoms with Crippen LogP contribution >= 0.6 is 0 Å². The molecule has 1 aromatic heterocycles. The van der Waals surface area contributed by atoms with Gasteiger partial charge in [-0.2, -0.15) is 0 Å². The number of para-hydroxylation sites is 1. The maximum absolute atomic E-state index is 13.7. The predicted molar refractivity (Wildman–Crippen MR) is 128 cm³/mol. The van der Waals surface area contributed by atoms with Gasteiger partial charge in [0.25, 0.3) is 11.5 Å². The minimum absolute atomic E-state index is 0.0824. The van der Waals surface area contributed by atoms with Crippen LogP contribution in [-0.2, 0) is 16.9 Å². The van der Waals surface area contributed by atoms with Crippen molar-refractivity contribution in [2.45, 2.75) is 30.1 Å². The topological polar surface area (TPSA) is 112 Å². The van der Waals surface area contributed by atoms with E-state index in [0.717, 1.165) is 19.1 Å². The summed E-state index contributed by atoms with van der Waals surface area (Å²) in [5, 5.41) is 14.4. The number of carbonyl (C=O) groups excluding carboxylic acids is 1. The number of rotatable bonds is 5. The maximum atomic E-state index is 13.7. The summed E-state index contributed by atoms with van der Waals surface area (Å²) in [6, 6.07) is 16.5. The minimum Gasteiger partial charge on any atom is -0.356 e. The fourth-order valence-electron chi connectivity index (χ4n) is 4.24. The molecule has 1 amide bonds. The number of pyridine rings is 1. The van der Waals surface area contributed by atoms with Crippen molar-refractivity contribution in [1.82, 2.24) is 9.47 Å². The fraction of sp³-hybridized carbons (Fsp3) is 0.250. The van der Waals surface area contributed by atoms with E-state index in [4.69, 9.17) is 0 Å². The molecule has 0 spiro atoms. The van der Waals surface area contributed by atoms with Gasteiger partial charge in [0.15, 0.2) is 9.84 Å². The Morgan fingerprint density at radius 3 is 2.24 bits per heavy atom. The standard InChI is InChI=1S/C24H24N4O5S/c1-26-20(29)14-19(25-15-8-12-18(13-9-15)34(2,32)33)21-22(26)27(16-6-4-3-5-7-16)24(31)28(23(21)30)17-10-11-17/h3-9,12-14,17,24-25,31H,10-11H2,1-2H3. The van der Waals surface area contributed by atoms with Crippen molar-refractivity contribution in [3.05, 3.63) is 76.6 Å². The number of aromatic nitrogens is 1. The van der Waals surface area contributed by atoms with Gasteiger partial charge in [-0.1, -0.05) is 18.2 Å². The van der Waals surface area contributed by atoms with E-state index in [-0.39, 0.29) is 39.5 Å². The number of sulfone groups is 1. The van der Waals surface area contributed by atoms with Crippen LogP contribution in [0.15, 0.2) is 70.4 Å². The molecule has 2 aromatic carbocycles. The van der Waals surface area contributed by atoms with E-state index in [0.29, 0.717) is 11.4 Å². The van der Waals surface area contributed by atoms with E-state index in [9.17, 15) is 23.1 Å². The Kier molecular flexibility index (Phi) is 5.22. The van der Waals surface area contributed by atoms with Crippen LogP contribution in [0.25, 0.3) is 0 Å². The number of fused-ring (bicyclic) bond motifs is 1. The lowest BCUT2D eigenvalue weighted by Crippen LogP contribution is -2.56. The summed E-state index contributed by atoms with van der Waals surface area (Å²) in [4.78, 5) is 29.8. The third-order valence-electron chi connectivity index (χ3n) is 6.10. The molecule has 34 heavy (non-hydrogen) atoms. The van der Waals surface area contributed by atoms with E-state index in [1.807, 2.05) is 30.3 Å². The number of aliphatic hydroxyl groups excluding tert-OH is 1. The van der Waals surface area contributed by atoms with E-state index in [2.05, 4.69) is 5.32 Å². The summed E-state index contributed by atoms with van der Waals surface area (Å²) in [6.07, 6.45) is 1.45. The highest BCUT2D eigenvalue weighted by atomic mass is 32.2. The number of hydrogen-bond acceptors (Lipinski definition) is 7. The zero-order chi connectivity index (χ0) is 24.2. The summed E-state index contributed by atoms with van der Waals surface area (Å²) < 4.78 is 24.9. The quantitative estimate of drug-likeness (QED) is 0.577. The van der Waals surface area contributed by atoms with Crippen LogP contribution in [0.1, 0.15) is 23.2 Å². The first-order valence-electron chi connectivity index (χ1n) is 10.8. The first kappa shape index (κ1) is 22.2. The number of carbonyl (C=O) groups is 1. The van der Waals surface area contributed by atoms with Gasteiger partial charge in [0.05, 0.1) is 10.6 Å². The lowest BCUT2D eigenvalue weighted by atomic mass is 10.1. The van der Waals surface area contributed by atoms with Crippen molar-refractivity contribution in [2.24, 2.45) is 7.05 Å². The molecule has 1 unspecified atom stereocenters. The van der Waals surface area contributed by atoms with E-state index < -0.39 is 16.2 Å². The van der Waals surface area contributed by atoms with E-state index in [1.165, 1.54) is 27.7 Å². The predicted octanol–water partition coefficient (Wildman–Crippen LogP) is 2.56. The highest BCUT2D eigenvalue weighted by Crippen LogP contribution is 2.43. The number of nitrogens with zero attached hydrogens (tertiary/aromatic N) is 3. The zero-order valence-electron chi connectivity index (χ0n) is 18.7. The van der Waals surface area contributed by atoms with Crippen molar-refractivity contribution in [3.8, 4) is 0 Å². The van der Waals surface area contributed by atoms with Gasteiger partial charge in [-0.3, -0.25) is 24.0 Å². The number of aliphatic hydroxyl groups is 1. The van der Waals surface area contributed by atoms with Gasteiger partial charge in [-0.25, -0.2) is 8.42 Å². The average molecular weight is 481 g/mol. The third-order valence-corrected chi connectivity index (χ3v) is 7.23. The number of anilines is 4. The monoisotopic (exact) mass is 480 g/mol. The summed E-state index contributed by atoms with van der Waals surface area (Å²) in [7, 11) is -1.79. The third kappa shape index (κ3) is 3.74. The van der Waals surface area contributed by atoms with Crippen LogP contribution in [-0.4, -0.2) is 47.5 Å². The number of amides is 1. The van der Waals surface area contributed by atoms with Crippen molar-refractivity contribution >= 4 is 38.6 Å². The molecule has 0 radical (unpaired) electrons. The molecule has 1 atom stereocenters. The molecule has 1 aliphatic carbocycles. The Bertz CT molecular complexity index is 1430. The number of nitrogens with one attached hydrogen (secondary N) is 1. The molecule has 1 fully saturated rings. The smallest absolute Gasteiger partial charge is 0.263 e. The van der Waals surface area contributed by atoms with Crippen molar-refractivity contribution in [2.75, 3.05) is 16.5 Å². The Morgan fingerprint density at radius 1 is 1.00 bits per heavy atom.